The molecule has 1 aromatic carbocycles. The summed E-state index contributed by atoms with van der Waals surface area (Å²) in [5, 5.41) is 4.08. The molecule has 0 saturated heterocycles. The van der Waals surface area contributed by atoms with Gasteiger partial charge in [-0.3, -0.25) is 4.40 Å². The molecule has 2 heterocycles. The van der Waals surface area contributed by atoms with Crippen LogP contribution in [0.2, 0.25) is 10.0 Å². The van der Waals surface area contributed by atoms with Gasteiger partial charge in [0.25, 0.3) is 0 Å². The highest BCUT2D eigenvalue weighted by atomic mass is 35.5. The molecule has 2 aromatic heterocycles. The Hall–Kier alpha value is -1.78. The highest BCUT2D eigenvalue weighted by Gasteiger charge is 2.10. The third-order valence-electron chi connectivity index (χ3n) is 2.88. The number of nitrogens with one attached hydrogen (secondary N) is 1. The Morgan fingerprint density at radius 3 is 2.74 bits per heavy atom. The van der Waals surface area contributed by atoms with E-state index in [9.17, 15) is 0 Å². The summed E-state index contributed by atoms with van der Waals surface area (Å²) in [7, 11) is 1.82. The topological polar surface area (TPSA) is 42.2 Å². The molecule has 0 spiro atoms. The van der Waals surface area contributed by atoms with E-state index in [2.05, 4.69) is 15.3 Å². The molecule has 0 bridgehead atoms. The molecule has 4 nitrogen and oxygen atoms in total. The Balaban J connectivity index is 2.23. The monoisotopic (exact) mass is 292 g/mol. The van der Waals surface area contributed by atoms with Crippen molar-refractivity contribution in [3.8, 4) is 11.3 Å². The minimum absolute atomic E-state index is 0.525. The first-order valence-corrected chi connectivity index (χ1v) is 6.41. The fourth-order valence-corrected chi connectivity index (χ4v) is 2.26. The second kappa shape index (κ2) is 4.72. The standard InChI is InChI=1S/C13H10Cl2N4/c1-16-12-13-18-7-11(19(13)5-4-17-12)8-2-3-9(14)10(15)6-8/h2-7H,1H3,(H,16,17). The Morgan fingerprint density at radius 1 is 1.16 bits per heavy atom. The first-order chi connectivity index (χ1) is 9.20. The molecule has 3 rings (SSSR count). The minimum atomic E-state index is 0.525. The molecule has 1 N–H and O–H groups in total. The van der Waals surface area contributed by atoms with Crippen LogP contribution < -0.4 is 5.32 Å². The summed E-state index contributed by atoms with van der Waals surface area (Å²) >= 11 is 12.0. The summed E-state index contributed by atoms with van der Waals surface area (Å²) in [5.74, 6) is 0.730. The Morgan fingerprint density at radius 2 is 2.00 bits per heavy atom. The van der Waals surface area contributed by atoms with Crippen molar-refractivity contribution in [2.45, 2.75) is 0 Å². The second-order valence-electron chi connectivity index (χ2n) is 3.99. The highest BCUT2D eigenvalue weighted by molar-refractivity contribution is 6.42. The molecule has 3 aromatic rings. The van der Waals surface area contributed by atoms with Gasteiger partial charge in [-0.2, -0.15) is 0 Å². The van der Waals surface area contributed by atoms with Gasteiger partial charge in [-0.25, -0.2) is 9.97 Å². The van der Waals surface area contributed by atoms with E-state index in [0.29, 0.717) is 10.0 Å². The van der Waals surface area contributed by atoms with Gasteiger partial charge in [0.2, 0.25) is 0 Å². The van der Waals surface area contributed by atoms with Gasteiger partial charge in [-0.05, 0) is 12.1 Å². The average molecular weight is 293 g/mol. The summed E-state index contributed by atoms with van der Waals surface area (Å²) in [5.41, 5.74) is 2.66. The van der Waals surface area contributed by atoms with Crippen LogP contribution in [0.5, 0.6) is 0 Å². The normalized spacial score (nSPS) is 10.9. The van der Waals surface area contributed by atoms with Crippen LogP contribution >= 0.6 is 23.2 Å². The van der Waals surface area contributed by atoms with Crippen LogP contribution in [-0.2, 0) is 0 Å². The fraction of sp³-hybridized carbons (Fsp3) is 0.0769. The van der Waals surface area contributed by atoms with Gasteiger partial charge in [0.1, 0.15) is 0 Å². The van der Waals surface area contributed by atoms with Gasteiger partial charge in [0.15, 0.2) is 11.5 Å². The molecule has 0 radical (unpaired) electrons. The number of aromatic nitrogens is 3. The van der Waals surface area contributed by atoms with Crippen molar-refractivity contribution >= 4 is 34.7 Å². The number of fused-ring (bicyclic) bond motifs is 1. The van der Waals surface area contributed by atoms with E-state index in [1.54, 1.807) is 18.5 Å². The van der Waals surface area contributed by atoms with E-state index in [-0.39, 0.29) is 0 Å². The van der Waals surface area contributed by atoms with Crippen LogP contribution in [0.15, 0.2) is 36.8 Å². The van der Waals surface area contributed by atoms with E-state index in [1.165, 1.54) is 0 Å². The third-order valence-corrected chi connectivity index (χ3v) is 3.62. The van der Waals surface area contributed by atoms with Crippen LogP contribution in [0.1, 0.15) is 0 Å². The molecular formula is C13H10Cl2N4. The Kier molecular flexibility index (Phi) is 3.05. The molecule has 19 heavy (non-hydrogen) atoms. The number of imidazole rings is 1. The van der Waals surface area contributed by atoms with Gasteiger partial charge >= 0.3 is 0 Å². The Bertz CT molecular complexity index is 751. The maximum absolute atomic E-state index is 6.05. The predicted octanol–water partition coefficient (Wildman–Crippen LogP) is 3.74. The van der Waals surface area contributed by atoms with E-state index in [0.717, 1.165) is 22.7 Å². The number of hydrogen-bond donors (Lipinski definition) is 1. The van der Waals surface area contributed by atoms with Crippen molar-refractivity contribution in [1.82, 2.24) is 14.4 Å². The number of anilines is 1. The van der Waals surface area contributed by atoms with E-state index < -0.39 is 0 Å². The van der Waals surface area contributed by atoms with Gasteiger partial charge in [-0.1, -0.05) is 29.3 Å². The third kappa shape index (κ3) is 2.03. The molecule has 96 valence electrons. The van der Waals surface area contributed by atoms with Gasteiger partial charge in [0, 0.05) is 25.0 Å². The number of hydrogen-bond acceptors (Lipinski definition) is 3. The van der Waals surface area contributed by atoms with Crippen molar-refractivity contribution in [3.05, 3.63) is 46.8 Å². The lowest BCUT2D eigenvalue weighted by molar-refractivity contribution is 1.13. The molecule has 0 aliphatic carbocycles. The fourth-order valence-electron chi connectivity index (χ4n) is 1.96. The maximum atomic E-state index is 6.05. The first kappa shape index (κ1) is 12.3. The van der Waals surface area contributed by atoms with E-state index >= 15 is 0 Å². The number of rotatable bonds is 2. The van der Waals surface area contributed by atoms with Crippen LogP contribution in [0.4, 0.5) is 5.82 Å². The van der Waals surface area contributed by atoms with Crippen LogP contribution in [0, 0.1) is 0 Å². The van der Waals surface area contributed by atoms with Crippen LogP contribution in [0.25, 0.3) is 16.9 Å². The lowest BCUT2D eigenvalue weighted by atomic mass is 10.2. The molecular weight excluding hydrogens is 283 g/mol. The second-order valence-corrected chi connectivity index (χ2v) is 4.81. The zero-order chi connectivity index (χ0) is 13.4. The van der Waals surface area contributed by atoms with E-state index in [1.807, 2.05) is 29.8 Å². The molecule has 0 saturated carbocycles. The first-order valence-electron chi connectivity index (χ1n) is 5.66. The Labute approximate surface area is 120 Å². The quantitative estimate of drug-likeness (QED) is 0.782. The summed E-state index contributed by atoms with van der Waals surface area (Å²) in [6.07, 6.45) is 5.37. The van der Waals surface area contributed by atoms with E-state index in [4.69, 9.17) is 23.2 Å². The van der Waals surface area contributed by atoms with Crippen molar-refractivity contribution in [2.75, 3.05) is 12.4 Å². The molecule has 0 atom stereocenters. The zero-order valence-corrected chi connectivity index (χ0v) is 11.6. The molecule has 0 amide bonds. The van der Waals surface area contributed by atoms with Gasteiger partial charge in [-0.15, -0.1) is 0 Å². The van der Waals surface area contributed by atoms with Crippen LogP contribution in [-0.4, -0.2) is 21.4 Å². The van der Waals surface area contributed by atoms with Crippen molar-refractivity contribution in [1.29, 1.82) is 0 Å². The van der Waals surface area contributed by atoms with Crippen LogP contribution in [0.3, 0.4) is 0 Å². The molecule has 0 aliphatic heterocycles. The molecule has 0 fully saturated rings. The van der Waals surface area contributed by atoms with Gasteiger partial charge < -0.3 is 5.32 Å². The number of benzene rings is 1. The maximum Gasteiger partial charge on any atom is 0.180 e. The smallest absolute Gasteiger partial charge is 0.180 e. The predicted molar refractivity (Wildman–Crippen MR) is 78.0 cm³/mol. The lowest BCUT2D eigenvalue weighted by Gasteiger charge is -2.05. The number of nitrogens with zero attached hydrogens (tertiary/aromatic N) is 3. The molecule has 0 unspecified atom stereocenters. The van der Waals surface area contributed by atoms with Crippen molar-refractivity contribution < 1.29 is 0 Å². The molecule has 6 heteroatoms. The SMILES string of the molecule is CNc1nccn2c(-c3ccc(Cl)c(Cl)c3)cnc12. The lowest BCUT2D eigenvalue weighted by Crippen LogP contribution is -1.97. The number of halogens is 2. The summed E-state index contributed by atoms with van der Waals surface area (Å²) in [6.45, 7) is 0. The highest BCUT2D eigenvalue weighted by Crippen LogP contribution is 2.29. The zero-order valence-electron chi connectivity index (χ0n) is 10.1. The van der Waals surface area contributed by atoms with Crippen molar-refractivity contribution in [3.63, 3.8) is 0 Å². The minimum Gasteiger partial charge on any atom is -0.370 e. The average Bonchev–Trinajstić information content (AvgIpc) is 2.85. The molecule has 0 aliphatic rings. The summed E-state index contributed by atoms with van der Waals surface area (Å²) in [4.78, 5) is 8.60. The summed E-state index contributed by atoms with van der Waals surface area (Å²) < 4.78 is 1.96. The largest absolute Gasteiger partial charge is 0.370 e. The van der Waals surface area contributed by atoms with Crippen molar-refractivity contribution in [2.24, 2.45) is 0 Å². The summed E-state index contributed by atoms with van der Waals surface area (Å²) in [6, 6.07) is 5.52. The van der Waals surface area contributed by atoms with Gasteiger partial charge in [0.05, 0.1) is 21.9 Å².